The van der Waals surface area contributed by atoms with Crippen molar-refractivity contribution in [2.75, 3.05) is 0 Å². The number of rotatable bonds is 4. The highest BCUT2D eigenvalue weighted by Crippen LogP contribution is 2.62. The molecule has 0 N–H and O–H groups in total. The summed E-state index contributed by atoms with van der Waals surface area (Å²) in [6.45, 7) is 0.586. The Bertz CT molecular complexity index is 1170. The molecule has 0 aromatic heterocycles. The van der Waals surface area contributed by atoms with E-state index in [-0.39, 0.29) is 0 Å². The van der Waals surface area contributed by atoms with Gasteiger partial charge in [0, 0.05) is 20.5 Å². The van der Waals surface area contributed by atoms with Crippen LogP contribution < -0.4 is 4.74 Å². The van der Waals surface area contributed by atoms with E-state index in [1.807, 2.05) is 0 Å². The van der Waals surface area contributed by atoms with Gasteiger partial charge in [-0.3, -0.25) is 0 Å². The highest BCUT2D eigenvalue weighted by Gasteiger charge is 2.26. The third-order valence-electron chi connectivity index (χ3n) is 5.12. The number of hydrogen-bond acceptors (Lipinski definition) is 1. The Morgan fingerprint density at radius 1 is 0.667 bits per heavy atom. The van der Waals surface area contributed by atoms with Crippen LogP contribution in [0.4, 0.5) is 0 Å². The zero-order chi connectivity index (χ0) is 20.7. The van der Waals surface area contributed by atoms with Gasteiger partial charge >= 0.3 is 0 Å². The lowest BCUT2D eigenvalue weighted by Gasteiger charge is -2.19. The van der Waals surface area contributed by atoms with Crippen LogP contribution >= 0.6 is 78.7 Å². The molecule has 0 unspecified atom stereocenters. The summed E-state index contributed by atoms with van der Waals surface area (Å²) in [5, 5.41) is 0. The third-order valence-corrected chi connectivity index (χ3v) is 12.6. The second kappa shape index (κ2) is 8.99. The van der Waals surface area contributed by atoms with Gasteiger partial charge in [0.25, 0.3) is 0 Å². The van der Waals surface area contributed by atoms with Crippen LogP contribution in [0.15, 0.2) is 99.6 Å². The van der Waals surface area contributed by atoms with Gasteiger partial charge in [-0.05, 0) is 138 Å². The summed E-state index contributed by atoms with van der Waals surface area (Å²) in [4.78, 5) is 4.27. The van der Waals surface area contributed by atoms with Gasteiger partial charge in [-0.25, -0.2) is 0 Å². The predicted molar refractivity (Wildman–Crippen MR) is 151 cm³/mol. The lowest BCUT2D eigenvalue weighted by molar-refractivity contribution is 0.306. The lowest BCUT2D eigenvalue weighted by atomic mass is 10.1. The van der Waals surface area contributed by atoms with Gasteiger partial charge in [-0.15, -0.1) is 0 Å². The van der Waals surface area contributed by atoms with Gasteiger partial charge in [-0.2, -0.15) is 10.9 Å². The minimum atomic E-state index is -0.508. The Morgan fingerprint density at radius 3 is 1.77 bits per heavy atom. The maximum absolute atomic E-state index is 6.10. The Kier molecular flexibility index (Phi) is 6.32. The second-order valence-electron chi connectivity index (χ2n) is 7.03. The number of fused-ring (bicyclic) bond motifs is 3. The monoisotopic (exact) mass is 746 g/mol. The first kappa shape index (κ1) is 21.1. The third kappa shape index (κ3) is 4.02. The molecule has 0 saturated heterocycles. The van der Waals surface area contributed by atoms with Crippen LogP contribution in [0.3, 0.4) is 0 Å². The predicted octanol–water partition coefficient (Wildman–Crippen LogP) is 8.54. The van der Waals surface area contributed by atoms with Gasteiger partial charge in [0.05, 0.1) is 0 Å². The lowest BCUT2D eigenvalue weighted by Crippen LogP contribution is -1.98. The molecular formula is C25H17I3OS. The van der Waals surface area contributed by atoms with E-state index in [0.29, 0.717) is 6.61 Å². The van der Waals surface area contributed by atoms with Crippen molar-refractivity contribution in [2.45, 2.75) is 21.3 Å². The number of benzene rings is 4. The van der Waals surface area contributed by atoms with Gasteiger partial charge in [0.15, 0.2) is 0 Å². The van der Waals surface area contributed by atoms with Gasteiger partial charge in [0.1, 0.15) is 12.4 Å². The zero-order valence-corrected chi connectivity index (χ0v) is 23.1. The molecule has 1 aliphatic rings. The van der Waals surface area contributed by atoms with Crippen LogP contribution in [0.2, 0.25) is 0 Å². The molecule has 1 aliphatic heterocycles. The van der Waals surface area contributed by atoms with Crippen molar-refractivity contribution in [2.24, 2.45) is 0 Å². The molecule has 0 fully saturated rings. The van der Waals surface area contributed by atoms with E-state index in [2.05, 4.69) is 153 Å². The van der Waals surface area contributed by atoms with E-state index in [1.165, 1.54) is 42.1 Å². The molecule has 4 aromatic rings. The van der Waals surface area contributed by atoms with Crippen LogP contribution in [0.5, 0.6) is 5.75 Å². The van der Waals surface area contributed by atoms with Crippen LogP contribution in [0.1, 0.15) is 5.56 Å². The number of thiol groups is 1. The van der Waals surface area contributed by atoms with Crippen LogP contribution in [-0.4, -0.2) is 0 Å². The van der Waals surface area contributed by atoms with Crippen molar-refractivity contribution >= 4 is 78.7 Å². The van der Waals surface area contributed by atoms with E-state index in [4.69, 9.17) is 4.74 Å². The van der Waals surface area contributed by atoms with Gasteiger partial charge in [0.2, 0.25) is 0 Å². The van der Waals surface area contributed by atoms with Crippen LogP contribution in [0.25, 0.3) is 11.1 Å². The summed E-state index contributed by atoms with van der Waals surface area (Å²) in [5.74, 6) is 0.915. The molecule has 0 saturated carbocycles. The van der Waals surface area contributed by atoms with Crippen molar-refractivity contribution in [1.29, 1.82) is 0 Å². The fourth-order valence-electron chi connectivity index (χ4n) is 3.75. The molecule has 0 radical (unpaired) electrons. The van der Waals surface area contributed by atoms with E-state index >= 15 is 0 Å². The summed E-state index contributed by atoms with van der Waals surface area (Å²) in [6, 6.07) is 30.8. The maximum atomic E-state index is 6.10. The molecule has 0 spiro atoms. The first-order valence-electron chi connectivity index (χ1n) is 9.46. The average molecular weight is 746 g/mol. The number of hydrogen-bond donors (Lipinski definition) is 1. The molecule has 4 aromatic carbocycles. The van der Waals surface area contributed by atoms with Crippen molar-refractivity contribution in [1.82, 2.24) is 0 Å². The van der Waals surface area contributed by atoms with Crippen LogP contribution in [-0.2, 0) is 6.61 Å². The van der Waals surface area contributed by atoms with Crippen molar-refractivity contribution in [3.8, 4) is 16.9 Å². The van der Waals surface area contributed by atoms with E-state index in [1.54, 1.807) is 0 Å². The summed E-state index contributed by atoms with van der Waals surface area (Å²) in [5.41, 5.74) is 3.96. The summed E-state index contributed by atoms with van der Waals surface area (Å²) >= 11 is 7.18. The standard InChI is InChI=1S/C25H17I3OS/c26-21-13-16(14-22(27)25(21)28)15-29-17-9-11-18(12-10-17)30-23-7-3-1-5-19(23)20-6-2-4-8-24(20)30/h1-14,30H,15H2. The topological polar surface area (TPSA) is 9.23 Å². The molecule has 150 valence electrons. The number of ether oxygens (including phenoxy) is 1. The number of halogens is 3. The van der Waals surface area contributed by atoms with Gasteiger partial charge in [-0.1, -0.05) is 36.4 Å². The molecule has 0 aliphatic carbocycles. The normalized spacial score (nSPS) is 13.1. The molecular weight excluding hydrogens is 729 g/mol. The Balaban J connectivity index is 1.39. The fraction of sp³-hybridized carbons (Fsp3) is 0.0400. The van der Waals surface area contributed by atoms with Crippen molar-refractivity contribution in [3.63, 3.8) is 0 Å². The van der Waals surface area contributed by atoms with Crippen LogP contribution in [0, 0.1) is 10.7 Å². The molecule has 0 bridgehead atoms. The smallest absolute Gasteiger partial charge is 0.119 e. The fourth-order valence-corrected chi connectivity index (χ4v) is 8.56. The zero-order valence-electron chi connectivity index (χ0n) is 15.8. The van der Waals surface area contributed by atoms with E-state index in [0.717, 1.165) is 5.75 Å². The van der Waals surface area contributed by atoms with E-state index in [9.17, 15) is 0 Å². The van der Waals surface area contributed by atoms with E-state index < -0.39 is 10.9 Å². The Hall–Kier alpha value is -0.780. The molecule has 1 nitrogen and oxygen atoms in total. The molecule has 5 heteroatoms. The minimum absolute atomic E-state index is 0.508. The molecule has 0 amide bonds. The Labute approximate surface area is 220 Å². The van der Waals surface area contributed by atoms with Gasteiger partial charge < -0.3 is 4.74 Å². The summed E-state index contributed by atoms with van der Waals surface area (Å²) in [7, 11) is -0.508. The Morgan fingerprint density at radius 2 is 1.20 bits per heavy atom. The summed E-state index contributed by atoms with van der Waals surface area (Å²) in [6.07, 6.45) is 0. The quantitative estimate of drug-likeness (QED) is 0.110. The molecule has 30 heavy (non-hydrogen) atoms. The minimum Gasteiger partial charge on any atom is -0.489 e. The first-order chi connectivity index (χ1) is 14.6. The SMILES string of the molecule is Ic1cc(COc2ccc([SH]3c4ccccc4-c4ccccc43)cc2)cc(I)c1I. The second-order valence-corrected chi connectivity index (χ2v) is 12.6. The highest BCUT2D eigenvalue weighted by atomic mass is 127. The molecule has 1 heterocycles. The first-order valence-corrected chi connectivity index (χ1v) is 14.0. The maximum Gasteiger partial charge on any atom is 0.119 e. The largest absolute Gasteiger partial charge is 0.489 e. The summed E-state index contributed by atoms with van der Waals surface area (Å²) < 4.78 is 9.95. The average Bonchev–Trinajstić information content (AvgIpc) is 3.11. The van der Waals surface area contributed by atoms with Crippen molar-refractivity contribution < 1.29 is 4.74 Å². The highest BCUT2D eigenvalue weighted by molar-refractivity contribution is 14.1. The molecule has 5 rings (SSSR count). The molecule has 0 atom stereocenters. The van der Waals surface area contributed by atoms with Crippen molar-refractivity contribution in [3.05, 3.63) is 101 Å².